The van der Waals surface area contributed by atoms with Crippen LogP contribution in [0.2, 0.25) is 0 Å². The van der Waals surface area contributed by atoms with Crippen LogP contribution in [-0.4, -0.2) is 4.98 Å². The van der Waals surface area contributed by atoms with Crippen molar-refractivity contribution in [2.45, 2.75) is 6.92 Å². The summed E-state index contributed by atoms with van der Waals surface area (Å²) >= 11 is 7.07. The van der Waals surface area contributed by atoms with Gasteiger partial charge in [0.25, 0.3) is 0 Å². The average molecular weight is 336 g/mol. The second kappa shape index (κ2) is 4.96. The molecule has 0 saturated carbocycles. The van der Waals surface area contributed by atoms with Crippen molar-refractivity contribution in [3.8, 4) is 21.1 Å². The van der Waals surface area contributed by atoms with Gasteiger partial charge in [0.05, 0.1) is 10.6 Å². The van der Waals surface area contributed by atoms with Crippen LogP contribution in [0, 0.1) is 6.92 Å². The summed E-state index contributed by atoms with van der Waals surface area (Å²) in [7, 11) is 0. The predicted octanol–water partition coefficient (Wildman–Crippen LogP) is 5.61. The highest BCUT2D eigenvalue weighted by atomic mass is 79.9. The third-order valence-corrected chi connectivity index (χ3v) is 5.23. The molecule has 0 saturated heterocycles. The molecule has 0 radical (unpaired) electrons. The number of benzene rings is 1. The van der Waals surface area contributed by atoms with E-state index in [-0.39, 0.29) is 0 Å². The molecule has 0 amide bonds. The van der Waals surface area contributed by atoms with Crippen LogP contribution in [0.1, 0.15) is 4.88 Å². The maximum absolute atomic E-state index is 4.78. The second-order valence-electron chi connectivity index (χ2n) is 3.88. The summed E-state index contributed by atoms with van der Waals surface area (Å²) in [6, 6.07) is 12.4. The number of hydrogen-bond donors (Lipinski definition) is 0. The first-order valence-electron chi connectivity index (χ1n) is 5.52. The summed E-state index contributed by atoms with van der Waals surface area (Å²) < 4.78 is 1.09. The summed E-state index contributed by atoms with van der Waals surface area (Å²) in [5.41, 5.74) is 2.27. The first-order chi connectivity index (χ1) is 8.75. The lowest BCUT2D eigenvalue weighted by atomic mass is 10.2. The molecule has 0 N–H and O–H groups in total. The van der Waals surface area contributed by atoms with Gasteiger partial charge in [0, 0.05) is 14.9 Å². The van der Waals surface area contributed by atoms with Crippen molar-refractivity contribution < 1.29 is 0 Å². The molecule has 90 valence electrons. The quantitative estimate of drug-likeness (QED) is 0.593. The predicted molar refractivity (Wildman–Crippen MR) is 83.3 cm³/mol. The Balaban J connectivity index is 2.11. The van der Waals surface area contributed by atoms with E-state index in [4.69, 9.17) is 4.98 Å². The van der Waals surface area contributed by atoms with Crippen LogP contribution >= 0.6 is 38.6 Å². The summed E-state index contributed by atoms with van der Waals surface area (Å²) in [4.78, 5) is 7.29. The first-order valence-corrected chi connectivity index (χ1v) is 8.01. The summed E-state index contributed by atoms with van der Waals surface area (Å²) in [5.74, 6) is 0. The molecule has 2 aromatic heterocycles. The Morgan fingerprint density at radius 3 is 2.67 bits per heavy atom. The maximum atomic E-state index is 4.78. The van der Waals surface area contributed by atoms with E-state index >= 15 is 0 Å². The maximum Gasteiger partial charge on any atom is 0.125 e. The van der Waals surface area contributed by atoms with E-state index in [0.717, 1.165) is 20.7 Å². The van der Waals surface area contributed by atoms with Crippen LogP contribution in [0.4, 0.5) is 0 Å². The van der Waals surface area contributed by atoms with Crippen LogP contribution < -0.4 is 0 Å². The molecular weight excluding hydrogens is 326 g/mol. The second-order valence-corrected chi connectivity index (χ2v) is 6.89. The van der Waals surface area contributed by atoms with Gasteiger partial charge < -0.3 is 0 Å². The highest BCUT2D eigenvalue weighted by Gasteiger charge is 2.13. The molecule has 18 heavy (non-hydrogen) atoms. The molecule has 1 nitrogen and oxygen atoms in total. The normalized spacial score (nSPS) is 10.8. The number of rotatable bonds is 2. The number of aromatic nitrogens is 1. The lowest BCUT2D eigenvalue weighted by Crippen LogP contribution is -1.79. The Morgan fingerprint density at radius 1 is 1.11 bits per heavy atom. The monoisotopic (exact) mass is 335 g/mol. The smallest absolute Gasteiger partial charge is 0.125 e. The molecule has 0 unspecified atom stereocenters. The fraction of sp³-hybridized carbons (Fsp3) is 0.0714. The first kappa shape index (κ1) is 12.1. The fourth-order valence-corrected chi connectivity index (χ4v) is 4.20. The molecule has 0 aliphatic carbocycles. The van der Waals surface area contributed by atoms with Crippen molar-refractivity contribution in [3.63, 3.8) is 0 Å². The van der Waals surface area contributed by atoms with Crippen molar-refractivity contribution in [3.05, 3.63) is 51.1 Å². The Morgan fingerprint density at radius 2 is 1.94 bits per heavy atom. The van der Waals surface area contributed by atoms with E-state index < -0.39 is 0 Å². The van der Waals surface area contributed by atoms with Crippen LogP contribution in [0.15, 0.2) is 46.3 Å². The molecule has 0 aliphatic rings. The topological polar surface area (TPSA) is 12.9 Å². The molecular formula is C14H10BrNS2. The summed E-state index contributed by atoms with van der Waals surface area (Å²) in [6.45, 7) is 2.13. The van der Waals surface area contributed by atoms with Crippen molar-refractivity contribution in [1.82, 2.24) is 4.98 Å². The van der Waals surface area contributed by atoms with Crippen LogP contribution in [0.25, 0.3) is 21.1 Å². The minimum absolute atomic E-state index is 1.07. The standard InChI is InChI=1S/C14H10BrNS2/c1-9-13(12-7-4-8-17-12)16-14(18-9)10-5-2-3-6-11(10)15/h2-8H,1H3. The van der Waals surface area contributed by atoms with Crippen molar-refractivity contribution in [2.75, 3.05) is 0 Å². The zero-order chi connectivity index (χ0) is 12.5. The number of nitrogens with zero attached hydrogens (tertiary/aromatic N) is 1. The van der Waals surface area contributed by atoms with E-state index in [9.17, 15) is 0 Å². The highest BCUT2D eigenvalue weighted by molar-refractivity contribution is 9.10. The van der Waals surface area contributed by atoms with E-state index in [1.165, 1.54) is 9.75 Å². The van der Waals surface area contributed by atoms with E-state index in [0.29, 0.717) is 0 Å². The molecule has 1 aromatic carbocycles. The van der Waals surface area contributed by atoms with Gasteiger partial charge in [-0.25, -0.2) is 4.98 Å². The summed E-state index contributed by atoms with van der Waals surface area (Å²) in [5, 5.41) is 3.16. The zero-order valence-corrected chi connectivity index (χ0v) is 12.9. The van der Waals surface area contributed by atoms with E-state index in [1.807, 2.05) is 12.1 Å². The van der Waals surface area contributed by atoms with Crippen molar-refractivity contribution in [2.24, 2.45) is 0 Å². The lowest BCUT2D eigenvalue weighted by Gasteiger charge is -1.98. The molecule has 4 heteroatoms. The van der Waals surface area contributed by atoms with Gasteiger partial charge in [-0.3, -0.25) is 0 Å². The van der Waals surface area contributed by atoms with Crippen LogP contribution in [-0.2, 0) is 0 Å². The van der Waals surface area contributed by atoms with Gasteiger partial charge in [0.15, 0.2) is 0 Å². The third kappa shape index (κ3) is 2.16. The van der Waals surface area contributed by atoms with E-state index in [1.54, 1.807) is 22.7 Å². The molecule has 0 fully saturated rings. The highest BCUT2D eigenvalue weighted by Crippen LogP contribution is 2.37. The Labute approximate surface area is 122 Å². The fourth-order valence-electron chi connectivity index (χ4n) is 1.79. The molecule has 2 heterocycles. The Bertz CT molecular complexity index is 671. The van der Waals surface area contributed by atoms with Crippen molar-refractivity contribution in [1.29, 1.82) is 0 Å². The molecule has 0 atom stereocenters. The van der Waals surface area contributed by atoms with Crippen LogP contribution in [0.3, 0.4) is 0 Å². The number of thiophene rings is 1. The molecule has 0 spiro atoms. The largest absolute Gasteiger partial charge is 0.235 e. The number of halogens is 1. The lowest BCUT2D eigenvalue weighted by molar-refractivity contribution is 1.38. The van der Waals surface area contributed by atoms with Gasteiger partial charge >= 0.3 is 0 Å². The van der Waals surface area contributed by atoms with Crippen LogP contribution in [0.5, 0.6) is 0 Å². The molecule has 0 aliphatic heterocycles. The van der Waals surface area contributed by atoms with E-state index in [2.05, 4.69) is 52.5 Å². The summed E-state index contributed by atoms with van der Waals surface area (Å²) in [6.07, 6.45) is 0. The van der Waals surface area contributed by atoms with Gasteiger partial charge in [-0.15, -0.1) is 22.7 Å². The molecule has 3 aromatic rings. The van der Waals surface area contributed by atoms with Gasteiger partial charge in [0.1, 0.15) is 5.01 Å². The SMILES string of the molecule is Cc1sc(-c2ccccc2Br)nc1-c1cccs1. The van der Waals surface area contributed by atoms with Gasteiger partial charge in [-0.2, -0.15) is 0 Å². The number of aryl methyl sites for hydroxylation is 1. The van der Waals surface area contributed by atoms with Gasteiger partial charge in [0.2, 0.25) is 0 Å². The Kier molecular flexibility index (Phi) is 3.33. The zero-order valence-electron chi connectivity index (χ0n) is 9.68. The molecule has 0 bridgehead atoms. The molecule has 3 rings (SSSR count). The van der Waals surface area contributed by atoms with Crippen molar-refractivity contribution >= 4 is 38.6 Å². The minimum atomic E-state index is 1.07. The Hall–Kier alpha value is -0.970. The minimum Gasteiger partial charge on any atom is -0.235 e. The average Bonchev–Trinajstić information content (AvgIpc) is 2.98. The van der Waals surface area contributed by atoms with Gasteiger partial charge in [-0.1, -0.05) is 40.2 Å². The number of thiazole rings is 1. The third-order valence-electron chi connectivity index (χ3n) is 2.66. The van der Waals surface area contributed by atoms with Gasteiger partial charge in [-0.05, 0) is 24.4 Å². The number of hydrogen-bond acceptors (Lipinski definition) is 3.